The topological polar surface area (TPSA) is 23.6 Å². The van der Waals surface area contributed by atoms with Crippen molar-refractivity contribution in [2.24, 2.45) is 0 Å². The minimum absolute atomic E-state index is 0.103. The summed E-state index contributed by atoms with van der Waals surface area (Å²) in [5.74, 6) is -0.103. The molecule has 0 N–H and O–H groups in total. The lowest BCUT2D eigenvalue weighted by Gasteiger charge is -2.32. The molecule has 0 radical (unpaired) electrons. The lowest BCUT2D eigenvalue weighted by atomic mass is 10.0. The number of rotatable bonds is 4. The van der Waals surface area contributed by atoms with Gasteiger partial charge in [0.15, 0.2) is 5.78 Å². The quantitative estimate of drug-likeness (QED) is 0.768. The van der Waals surface area contributed by atoms with Crippen LogP contribution in [0, 0.1) is 0 Å². The smallest absolute Gasteiger partial charge is 0.194 e. The number of hydrogen-bond donors (Lipinski definition) is 0. The highest BCUT2D eigenvalue weighted by Gasteiger charge is 2.16. The van der Waals surface area contributed by atoms with Crippen molar-refractivity contribution in [3.63, 3.8) is 0 Å². The Kier molecular flexibility index (Phi) is 5.57. The van der Waals surface area contributed by atoms with Crippen molar-refractivity contribution in [3.05, 3.63) is 69.2 Å². The van der Waals surface area contributed by atoms with E-state index in [1.165, 1.54) is 5.56 Å². The lowest BCUT2D eigenvalue weighted by molar-refractivity contribution is 0.103. The standard InChI is InChI=1S/C19H20Cl2N2O/c1-22-9-11-23(12-10-22)13-14-5-7-15(8-6-14)19(24)16-3-2-4-17(20)18(16)21/h2-8H,9-13H2,1H3. The molecule has 2 aromatic carbocycles. The Hall–Kier alpha value is -1.39. The number of halogens is 2. The molecule has 0 bridgehead atoms. The molecule has 0 unspecified atom stereocenters. The molecule has 1 aliphatic heterocycles. The van der Waals surface area contributed by atoms with E-state index in [1.54, 1.807) is 18.2 Å². The van der Waals surface area contributed by atoms with E-state index in [2.05, 4.69) is 16.8 Å². The molecule has 126 valence electrons. The van der Waals surface area contributed by atoms with E-state index in [0.717, 1.165) is 32.7 Å². The maximum atomic E-state index is 12.6. The second-order valence-electron chi connectivity index (χ2n) is 6.21. The van der Waals surface area contributed by atoms with E-state index in [9.17, 15) is 4.79 Å². The van der Waals surface area contributed by atoms with Gasteiger partial charge in [0.2, 0.25) is 0 Å². The van der Waals surface area contributed by atoms with Crippen LogP contribution in [0.5, 0.6) is 0 Å². The Labute approximate surface area is 152 Å². The molecule has 5 heteroatoms. The highest BCUT2D eigenvalue weighted by molar-refractivity contribution is 6.44. The number of likely N-dealkylation sites (N-methyl/N-ethyl adjacent to an activating group) is 1. The van der Waals surface area contributed by atoms with Gasteiger partial charge in [-0.15, -0.1) is 0 Å². The average molecular weight is 363 g/mol. The van der Waals surface area contributed by atoms with Crippen molar-refractivity contribution >= 4 is 29.0 Å². The van der Waals surface area contributed by atoms with Crippen molar-refractivity contribution in [2.75, 3.05) is 33.2 Å². The predicted molar refractivity (Wildman–Crippen MR) is 99.1 cm³/mol. The van der Waals surface area contributed by atoms with Gasteiger partial charge in [-0.3, -0.25) is 9.69 Å². The summed E-state index contributed by atoms with van der Waals surface area (Å²) in [7, 11) is 2.15. The van der Waals surface area contributed by atoms with E-state index < -0.39 is 0 Å². The first kappa shape index (κ1) is 17.4. The van der Waals surface area contributed by atoms with Crippen LogP contribution in [0.1, 0.15) is 21.5 Å². The Morgan fingerprint density at radius 3 is 2.33 bits per heavy atom. The van der Waals surface area contributed by atoms with E-state index in [1.807, 2.05) is 24.3 Å². The van der Waals surface area contributed by atoms with E-state index in [-0.39, 0.29) is 5.78 Å². The van der Waals surface area contributed by atoms with Gasteiger partial charge in [-0.05, 0) is 24.7 Å². The van der Waals surface area contributed by atoms with Gasteiger partial charge < -0.3 is 4.90 Å². The third-order valence-corrected chi connectivity index (χ3v) is 5.23. The number of carbonyl (C=O) groups is 1. The van der Waals surface area contributed by atoms with E-state index in [4.69, 9.17) is 23.2 Å². The molecule has 1 aliphatic rings. The van der Waals surface area contributed by atoms with Gasteiger partial charge in [-0.1, -0.05) is 53.5 Å². The highest BCUT2D eigenvalue weighted by atomic mass is 35.5. The molecule has 0 saturated carbocycles. The molecule has 0 aliphatic carbocycles. The van der Waals surface area contributed by atoms with Crippen LogP contribution in [-0.2, 0) is 6.54 Å². The summed E-state index contributed by atoms with van der Waals surface area (Å²) in [6.07, 6.45) is 0. The summed E-state index contributed by atoms with van der Waals surface area (Å²) < 4.78 is 0. The Morgan fingerprint density at radius 1 is 1.00 bits per heavy atom. The third-order valence-electron chi connectivity index (χ3n) is 4.41. The van der Waals surface area contributed by atoms with Crippen LogP contribution in [0.15, 0.2) is 42.5 Å². The van der Waals surface area contributed by atoms with Crippen molar-refractivity contribution < 1.29 is 4.79 Å². The fourth-order valence-electron chi connectivity index (χ4n) is 2.86. The number of benzene rings is 2. The van der Waals surface area contributed by atoms with Crippen LogP contribution in [0.2, 0.25) is 10.0 Å². The van der Waals surface area contributed by atoms with E-state index in [0.29, 0.717) is 21.2 Å². The third kappa shape index (κ3) is 3.98. The molecule has 0 amide bonds. The zero-order valence-corrected chi connectivity index (χ0v) is 15.1. The van der Waals surface area contributed by atoms with Crippen molar-refractivity contribution in [1.29, 1.82) is 0 Å². The van der Waals surface area contributed by atoms with Crippen LogP contribution in [-0.4, -0.2) is 48.8 Å². The zero-order chi connectivity index (χ0) is 17.1. The normalized spacial score (nSPS) is 16.3. The fraction of sp³-hybridized carbons (Fsp3) is 0.316. The molecule has 24 heavy (non-hydrogen) atoms. The number of hydrogen-bond acceptors (Lipinski definition) is 3. The fourth-order valence-corrected chi connectivity index (χ4v) is 3.25. The Balaban J connectivity index is 1.70. The van der Waals surface area contributed by atoms with Crippen molar-refractivity contribution in [2.45, 2.75) is 6.54 Å². The summed E-state index contributed by atoms with van der Waals surface area (Å²) in [5.41, 5.74) is 2.28. The summed E-state index contributed by atoms with van der Waals surface area (Å²) in [6, 6.07) is 12.9. The zero-order valence-electron chi connectivity index (χ0n) is 13.6. The minimum Gasteiger partial charge on any atom is -0.304 e. The van der Waals surface area contributed by atoms with Gasteiger partial charge in [-0.2, -0.15) is 0 Å². The summed E-state index contributed by atoms with van der Waals surface area (Å²) in [5, 5.41) is 0.708. The molecule has 3 nitrogen and oxygen atoms in total. The van der Waals surface area contributed by atoms with Gasteiger partial charge in [0, 0.05) is 43.9 Å². The number of piperazine rings is 1. The van der Waals surface area contributed by atoms with Crippen molar-refractivity contribution in [1.82, 2.24) is 9.80 Å². The van der Waals surface area contributed by atoms with Gasteiger partial charge in [0.05, 0.1) is 10.0 Å². The number of ketones is 1. The van der Waals surface area contributed by atoms with Crippen LogP contribution < -0.4 is 0 Å². The van der Waals surface area contributed by atoms with E-state index >= 15 is 0 Å². The molecule has 0 aromatic heterocycles. The van der Waals surface area contributed by atoms with Gasteiger partial charge in [0.1, 0.15) is 0 Å². The molecule has 2 aromatic rings. The van der Waals surface area contributed by atoms with Crippen LogP contribution in [0.25, 0.3) is 0 Å². The largest absolute Gasteiger partial charge is 0.304 e. The van der Waals surface area contributed by atoms with Gasteiger partial charge in [-0.25, -0.2) is 0 Å². The first-order chi connectivity index (χ1) is 11.5. The SMILES string of the molecule is CN1CCN(Cc2ccc(C(=O)c3cccc(Cl)c3Cl)cc2)CC1. The highest BCUT2D eigenvalue weighted by Crippen LogP contribution is 2.27. The summed E-state index contributed by atoms with van der Waals surface area (Å²) in [4.78, 5) is 17.4. The van der Waals surface area contributed by atoms with Gasteiger partial charge >= 0.3 is 0 Å². The molecule has 0 atom stereocenters. The molecule has 1 heterocycles. The minimum atomic E-state index is -0.103. The second-order valence-corrected chi connectivity index (χ2v) is 6.99. The molecular weight excluding hydrogens is 343 g/mol. The maximum absolute atomic E-state index is 12.6. The van der Waals surface area contributed by atoms with Crippen molar-refractivity contribution in [3.8, 4) is 0 Å². The number of carbonyl (C=O) groups excluding carboxylic acids is 1. The maximum Gasteiger partial charge on any atom is 0.194 e. The monoisotopic (exact) mass is 362 g/mol. The number of nitrogens with zero attached hydrogens (tertiary/aromatic N) is 2. The Morgan fingerprint density at radius 2 is 1.67 bits per heavy atom. The predicted octanol–water partition coefficient (Wildman–Crippen LogP) is 3.97. The summed E-state index contributed by atoms with van der Waals surface area (Å²) in [6.45, 7) is 5.28. The van der Waals surface area contributed by atoms with Gasteiger partial charge in [0.25, 0.3) is 0 Å². The first-order valence-corrected chi connectivity index (χ1v) is 8.79. The molecule has 3 rings (SSSR count). The Bertz CT molecular complexity index is 723. The summed E-state index contributed by atoms with van der Waals surface area (Å²) >= 11 is 12.1. The average Bonchev–Trinajstić information content (AvgIpc) is 2.59. The van der Waals surface area contributed by atoms with Crippen LogP contribution in [0.3, 0.4) is 0 Å². The lowest BCUT2D eigenvalue weighted by Crippen LogP contribution is -2.43. The molecular formula is C19H20Cl2N2O. The molecule has 1 saturated heterocycles. The molecule has 1 fully saturated rings. The first-order valence-electron chi connectivity index (χ1n) is 8.03. The molecule has 0 spiro atoms. The second kappa shape index (κ2) is 7.66. The van der Waals surface area contributed by atoms with Crippen LogP contribution >= 0.6 is 23.2 Å². The van der Waals surface area contributed by atoms with Crippen LogP contribution in [0.4, 0.5) is 0 Å².